The van der Waals surface area contributed by atoms with Crippen molar-refractivity contribution in [3.8, 4) is 0 Å². The van der Waals surface area contributed by atoms with Crippen LogP contribution in [0, 0.1) is 0 Å². The van der Waals surface area contributed by atoms with Gasteiger partial charge in [-0.2, -0.15) is 0 Å². The number of nitrogens with zero attached hydrogens (tertiary/aromatic N) is 1. The van der Waals surface area contributed by atoms with Crippen LogP contribution in [0.15, 0.2) is 35.5 Å². The standard InChI is InChI=1S/C13H17NO3/c1-3-16-13-12(15-2)9-11(14-17-13)10-7-5-4-6-8-10/h4-8,12-13H,3,9H2,1-2H3/t12-,13-/m0/s1. The lowest BCUT2D eigenvalue weighted by Crippen LogP contribution is -2.38. The molecule has 1 aromatic carbocycles. The van der Waals surface area contributed by atoms with Crippen LogP contribution in [-0.4, -0.2) is 31.8 Å². The van der Waals surface area contributed by atoms with Gasteiger partial charge in [0.2, 0.25) is 0 Å². The molecule has 0 aliphatic carbocycles. The van der Waals surface area contributed by atoms with E-state index >= 15 is 0 Å². The second-order valence-corrected chi connectivity index (χ2v) is 3.81. The number of methoxy groups -OCH3 is 1. The largest absolute Gasteiger partial charge is 0.374 e. The fourth-order valence-electron chi connectivity index (χ4n) is 1.81. The number of ether oxygens (including phenoxy) is 2. The molecule has 0 aromatic heterocycles. The summed E-state index contributed by atoms with van der Waals surface area (Å²) in [5.41, 5.74) is 1.96. The van der Waals surface area contributed by atoms with Gasteiger partial charge >= 0.3 is 0 Å². The second-order valence-electron chi connectivity index (χ2n) is 3.81. The maximum atomic E-state index is 5.42. The van der Waals surface area contributed by atoms with E-state index in [1.165, 1.54) is 0 Å². The second kappa shape index (κ2) is 5.80. The minimum Gasteiger partial charge on any atom is -0.374 e. The van der Waals surface area contributed by atoms with Crippen LogP contribution in [0.25, 0.3) is 0 Å². The molecule has 92 valence electrons. The van der Waals surface area contributed by atoms with Gasteiger partial charge in [0.05, 0.1) is 5.71 Å². The van der Waals surface area contributed by atoms with E-state index < -0.39 is 6.29 Å². The number of hydrogen-bond donors (Lipinski definition) is 0. The molecule has 1 aromatic rings. The van der Waals surface area contributed by atoms with Gasteiger partial charge in [0.15, 0.2) is 0 Å². The molecule has 0 bridgehead atoms. The number of rotatable bonds is 4. The highest BCUT2D eigenvalue weighted by atomic mass is 16.8. The number of benzene rings is 1. The first-order valence-corrected chi connectivity index (χ1v) is 5.77. The van der Waals surface area contributed by atoms with Gasteiger partial charge in [-0.3, -0.25) is 0 Å². The molecule has 1 heterocycles. The van der Waals surface area contributed by atoms with E-state index in [4.69, 9.17) is 14.3 Å². The first-order chi connectivity index (χ1) is 8.35. The summed E-state index contributed by atoms with van der Waals surface area (Å²) in [6.07, 6.45) is 0.186. The first kappa shape index (κ1) is 12.1. The Hall–Kier alpha value is -1.39. The Morgan fingerprint density at radius 3 is 2.76 bits per heavy atom. The highest BCUT2D eigenvalue weighted by Gasteiger charge is 2.30. The summed E-state index contributed by atoms with van der Waals surface area (Å²) in [4.78, 5) is 5.33. The third-order valence-electron chi connectivity index (χ3n) is 2.71. The predicted molar refractivity (Wildman–Crippen MR) is 64.9 cm³/mol. The fraction of sp³-hybridized carbons (Fsp3) is 0.462. The molecule has 4 nitrogen and oxygen atoms in total. The molecule has 1 aliphatic heterocycles. The maximum absolute atomic E-state index is 5.42. The van der Waals surface area contributed by atoms with Crippen LogP contribution in [0.3, 0.4) is 0 Å². The SMILES string of the molecule is CCO[C@H]1ON=C(c2ccccc2)C[C@@H]1OC. The van der Waals surface area contributed by atoms with Gasteiger partial charge in [0.1, 0.15) is 6.10 Å². The lowest BCUT2D eigenvalue weighted by atomic mass is 10.0. The third kappa shape index (κ3) is 2.84. The van der Waals surface area contributed by atoms with Crippen molar-refractivity contribution in [1.82, 2.24) is 0 Å². The fourth-order valence-corrected chi connectivity index (χ4v) is 1.81. The Bertz CT molecular complexity index is 378. The average Bonchev–Trinajstić information content (AvgIpc) is 2.40. The molecule has 0 N–H and O–H groups in total. The zero-order valence-corrected chi connectivity index (χ0v) is 10.1. The first-order valence-electron chi connectivity index (χ1n) is 5.77. The van der Waals surface area contributed by atoms with Gasteiger partial charge in [-0.15, -0.1) is 0 Å². The molecule has 0 amide bonds. The predicted octanol–water partition coefficient (Wildman–Crippen LogP) is 2.19. The molecule has 0 radical (unpaired) electrons. The lowest BCUT2D eigenvalue weighted by molar-refractivity contribution is -0.204. The van der Waals surface area contributed by atoms with Gasteiger partial charge in [-0.05, 0) is 12.5 Å². The van der Waals surface area contributed by atoms with E-state index in [0.717, 1.165) is 11.3 Å². The number of oxime groups is 1. The average molecular weight is 235 g/mol. The van der Waals surface area contributed by atoms with Crippen molar-refractivity contribution < 1.29 is 14.3 Å². The lowest BCUT2D eigenvalue weighted by Gasteiger charge is -2.28. The summed E-state index contributed by atoms with van der Waals surface area (Å²) in [5, 5.41) is 4.11. The molecule has 0 fully saturated rings. The molecule has 0 saturated carbocycles. The highest BCUT2D eigenvalue weighted by Crippen LogP contribution is 2.19. The molecular formula is C13H17NO3. The van der Waals surface area contributed by atoms with E-state index in [9.17, 15) is 0 Å². The molecule has 2 rings (SSSR count). The molecule has 4 heteroatoms. The van der Waals surface area contributed by atoms with Crippen LogP contribution in [0.2, 0.25) is 0 Å². The van der Waals surface area contributed by atoms with Crippen molar-refractivity contribution in [2.75, 3.05) is 13.7 Å². The summed E-state index contributed by atoms with van der Waals surface area (Å²) in [6, 6.07) is 9.96. The van der Waals surface area contributed by atoms with Gasteiger partial charge in [-0.25, -0.2) is 0 Å². The van der Waals surface area contributed by atoms with Crippen LogP contribution in [0.5, 0.6) is 0 Å². The highest BCUT2D eigenvalue weighted by molar-refractivity contribution is 6.00. The Labute approximate surface area is 101 Å². The summed E-state index contributed by atoms with van der Waals surface area (Å²) in [6.45, 7) is 2.51. The van der Waals surface area contributed by atoms with Crippen LogP contribution < -0.4 is 0 Å². The molecule has 2 atom stereocenters. The van der Waals surface area contributed by atoms with Crippen molar-refractivity contribution in [3.05, 3.63) is 35.9 Å². The van der Waals surface area contributed by atoms with Crippen molar-refractivity contribution in [1.29, 1.82) is 0 Å². The van der Waals surface area contributed by atoms with E-state index in [-0.39, 0.29) is 6.10 Å². The molecule has 1 aliphatic rings. The van der Waals surface area contributed by atoms with E-state index in [1.807, 2.05) is 37.3 Å². The van der Waals surface area contributed by atoms with E-state index in [1.54, 1.807) is 7.11 Å². The van der Waals surface area contributed by atoms with E-state index in [2.05, 4.69) is 5.16 Å². The van der Waals surface area contributed by atoms with Crippen molar-refractivity contribution in [3.63, 3.8) is 0 Å². The van der Waals surface area contributed by atoms with Gasteiger partial charge < -0.3 is 14.3 Å². The topological polar surface area (TPSA) is 40.0 Å². The number of hydrogen-bond acceptors (Lipinski definition) is 4. The maximum Gasteiger partial charge on any atom is 0.253 e. The Kier molecular flexibility index (Phi) is 4.12. The Morgan fingerprint density at radius 1 is 1.35 bits per heavy atom. The molecule has 0 spiro atoms. The normalized spacial score (nSPS) is 24.0. The summed E-state index contributed by atoms with van der Waals surface area (Å²) in [5.74, 6) is 0. The quantitative estimate of drug-likeness (QED) is 0.803. The zero-order valence-electron chi connectivity index (χ0n) is 10.1. The third-order valence-corrected chi connectivity index (χ3v) is 2.71. The smallest absolute Gasteiger partial charge is 0.253 e. The molecule has 0 unspecified atom stereocenters. The molecule has 17 heavy (non-hydrogen) atoms. The van der Waals surface area contributed by atoms with Gasteiger partial charge in [0, 0.05) is 20.1 Å². The van der Waals surface area contributed by atoms with Crippen molar-refractivity contribution in [2.45, 2.75) is 25.7 Å². The van der Waals surface area contributed by atoms with Crippen LogP contribution >= 0.6 is 0 Å². The summed E-state index contributed by atoms with van der Waals surface area (Å²) < 4.78 is 10.8. The van der Waals surface area contributed by atoms with Crippen molar-refractivity contribution >= 4 is 5.71 Å². The Morgan fingerprint density at radius 2 is 2.12 bits per heavy atom. The van der Waals surface area contributed by atoms with E-state index in [0.29, 0.717) is 13.0 Å². The van der Waals surface area contributed by atoms with Gasteiger partial charge in [0.25, 0.3) is 6.29 Å². The summed E-state index contributed by atoms with van der Waals surface area (Å²) >= 11 is 0. The summed E-state index contributed by atoms with van der Waals surface area (Å²) in [7, 11) is 1.66. The van der Waals surface area contributed by atoms with Crippen LogP contribution in [-0.2, 0) is 14.3 Å². The monoisotopic (exact) mass is 235 g/mol. The van der Waals surface area contributed by atoms with Crippen LogP contribution in [0.1, 0.15) is 18.9 Å². The Balaban J connectivity index is 2.12. The van der Waals surface area contributed by atoms with Crippen LogP contribution in [0.4, 0.5) is 0 Å². The minimum absolute atomic E-state index is 0.109. The molecule has 0 saturated heterocycles. The van der Waals surface area contributed by atoms with Crippen molar-refractivity contribution in [2.24, 2.45) is 5.16 Å². The minimum atomic E-state index is -0.405. The van der Waals surface area contributed by atoms with Gasteiger partial charge in [-0.1, -0.05) is 35.5 Å². The molecular weight excluding hydrogens is 218 g/mol. The zero-order chi connectivity index (χ0) is 12.1.